The molecule has 3 aliphatic rings. The maximum atomic E-state index is 2.78. The number of hydrogen-bond acceptors (Lipinski definition) is 0. The van der Waals surface area contributed by atoms with Crippen LogP contribution in [-0.4, -0.2) is 22.6 Å². The van der Waals surface area contributed by atoms with Crippen LogP contribution in [0.4, 0.5) is 0 Å². The van der Waals surface area contributed by atoms with Crippen molar-refractivity contribution >= 4 is 26.5 Å². The average molecular weight is 563 g/mol. The average Bonchev–Trinajstić information content (AvgIpc) is 3.41. The Balaban J connectivity index is 1.55. The van der Waals surface area contributed by atoms with Crippen molar-refractivity contribution in [2.75, 3.05) is 0 Å². The van der Waals surface area contributed by atoms with E-state index in [1.54, 1.807) is 36.3 Å². The molecule has 2 aromatic carbocycles. The van der Waals surface area contributed by atoms with E-state index in [-0.39, 0.29) is 15.8 Å². The molecule has 3 atom stereocenters. The fourth-order valence-electron chi connectivity index (χ4n) is 8.63. The van der Waals surface area contributed by atoms with E-state index in [4.69, 9.17) is 0 Å². The Hall–Kier alpha value is -0.700. The third-order valence-electron chi connectivity index (χ3n) is 11.3. The first-order valence-corrected chi connectivity index (χ1v) is 19.4. The smallest absolute Gasteiger partial charge is 0.00945 e. The van der Waals surface area contributed by atoms with E-state index in [0.717, 1.165) is 28.6 Å². The molecule has 0 saturated heterocycles. The van der Waals surface area contributed by atoms with Crippen LogP contribution >= 0.6 is 15.8 Å². The minimum Gasteiger partial charge on any atom is -0.0971 e. The monoisotopic (exact) mass is 562 g/mol. The first kappa shape index (κ1) is 29.8. The molecule has 0 N–H and O–H groups in total. The molecule has 0 spiro atoms. The summed E-state index contributed by atoms with van der Waals surface area (Å²) in [6.45, 7) is 16.8. The van der Waals surface area contributed by atoms with Gasteiger partial charge in [0.1, 0.15) is 0 Å². The van der Waals surface area contributed by atoms with E-state index in [2.05, 4.69) is 72.7 Å². The molecule has 3 aliphatic carbocycles. The molecule has 3 fully saturated rings. The minimum absolute atomic E-state index is 0.117. The van der Waals surface area contributed by atoms with Gasteiger partial charge < -0.3 is 0 Å². The van der Waals surface area contributed by atoms with Crippen molar-refractivity contribution in [1.29, 1.82) is 0 Å². The van der Waals surface area contributed by atoms with Gasteiger partial charge in [-0.05, 0) is 161 Å². The van der Waals surface area contributed by atoms with Crippen LogP contribution in [0.15, 0.2) is 24.3 Å². The molecule has 0 aromatic heterocycles. The van der Waals surface area contributed by atoms with Gasteiger partial charge in [0, 0.05) is 0 Å². The lowest BCUT2D eigenvalue weighted by Gasteiger charge is -2.46. The summed E-state index contributed by atoms with van der Waals surface area (Å²) in [4.78, 5) is 0. The quantitative estimate of drug-likeness (QED) is 0.294. The number of rotatable bonds is 7. The van der Waals surface area contributed by atoms with Gasteiger partial charge in [0.2, 0.25) is 0 Å². The second kappa shape index (κ2) is 13.1. The predicted octanol–water partition coefficient (Wildman–Crippen LogP) is 10.7. The molecule has 0 nitrogen and oxygen atoms in total. The summed E-state index contributed by atoms with van der Waals surface area (Å²) in [5.74, 6) is 0.912. The van der Waals surface area contributed by atoms with Crippen molar-refractivity contribution in [3.63, 3.8) is 0 Å². The van der Waals surface area contributed by atoms with Crippen LogP contribution in [0.2, 0.25) is 0 Å². The number of benzene rings is 2. The van der Waals surface area contributed by atoms with Gasteiger partial charge in [-0.15, -0.1) is 0 Å². The zero-order valence-electron chi connectivity index (χ0n) is 26.3. The predicted molar refractivity (Wildman–Crippen MR) is 179 cm³/mol. The lowest BCUT2D eigenvalue weighted by molar-refractivity contribution is 0.467. The molecule has 0 aliphatic heterocycles. The third kappa shape index (κ3) is 6.39. The van der Waals surface area contributed by atoms with Crippen molar-refractivity contribution < 1.29 is 0 Å². The van der Waals surface area contributed by atoms with Crippen LogP contribution in [-0.2, 0) is 0 Å². The number of aryl methyl sites for hydroxylation is 4. The fraction of sp³-hybridized carbons (Fsp3) is 0.676. The fourth-order valence-corrected chi connectivity index (χ4v) is 17.0. The summed E-state index contributed by atoms with van der Waals surface area (Å²) in [5, 5.41) is 3.33. The standard InChI is InChI=1S/C37H56P2/c1-25-21-34(22-26(2)29(25)5)39(35-23-27(3)30(6)28(4)24-35)37-20-14-19-36(37)31(7)38(32-15-10-8-11-16-32)33-17-12-9-13-18-33/h21-24,31-33,36-37H,8-20H2,1-7H3/t31-,36?,37?/m1/s1. The van der Waals surface area contributed by atoms with Crippen LogP contribution in [0.1, 0.15) is 124 Å². The van der Waals surface area contributed by atoms with Crippen LogP contribution in [0, 0.1) is 47.5 Å². The summed E-state index contributed by atoms with van der Waals surface area (Å²) in [6.07, 6.45) is 19.6. The molecule has 0 heterocycles. The molecule has 0 bridgehead atoms. The highest BCUT2D eigenvalue weighted by molar-refractivity contribution is 7.73. The normalized spacial score (nSPS) is 24.1. The van der Waals surface area contributed by atoms with Gasteiger partial charge in [-0.2, -0.15) is 0 Å². The van der Waals surface area contributed by atoms with Crippen molar-refractivity contribution in [2.45, 2.75) is 155 Å². The zero-order chi connectivity index (χ0) is 27.7. The van der Waals surface area contributed by atoms with Gasteiger partial charge in [0.15, 0.2) is 0 Å². The molecule has 5 rings (SSSR count). The highest BCUT2D eigenvalue weighted by Gasteiger charge is 2.44. The second-order valence-electron chi connectivity index (χ2n) is 13.7. The lowest BCUT2D eigenvalue weighted by atomic mass is 9.99. The van der Waals surface area contributed by atoms with Gasteiger partial charge in [0.25, 0.3) is 0 Å². The van der Waals surface area contributed by atoms with Gasteiger partial charge >= 0.3 is 0 Å². The van der Waals surface area contributed by atoms with E-state index in [0.29, 0.717) is 0 Å². The minimum atomic E-state index is -0.363. The SMILES string of the molecule is Cc1cc(P(c2cc(C)c(C)c(C)c2)C2CCCC2[C@@H](C)P(C2CCCCC2)C2CCCCC2)cc(C)c1C. The lowest BCUT2D eigenvalue weighted by Crippen LogP contribution is -2.34. The Kier molecular flexibility index (Phi) is 9.99. The summed E-state index contributed by atoms with van der Waals surface area (Å²) in [6, 6.07) is 10.4. The molecule has 2 unspecified atom stereocenters. The van der Waals surface area contributed by atoms with Gasteiger partial charge in [-0.3, -0.25) is 0 Å². The zero-order valence-corrected chi connectivity index (χ0v) is 28.1. The molecule has 214 valence electrons. The topological polar surface area (TPSA) is 0 Å². The largest absolute Gasteiger partial charge is 0.0971 e. The Morgan fingerprint density at radius 1 is 0.538 bits per heavy atom. The van der Waals surface area contributed by atoms with Crippen molar-refractivity contribution in [1.82, 2.24) is 0 Å². The summed E-state index contributed by atoms with van der Waals surface area (Å²) in [7, 11) is -0.246. The Bertz CT molecular complexity index is 999. The van der Waals surface area contributed by atoms with E-state index in [1.807, 2.05) is 0 Å². The van der Waals surface area contributed by atoms with Crippen molar-refractivity contribution in [3.05, 3.63) is 57.6 Å². The van der Waals surface area contributed by atoms with Gasteiger partial charge in [0.05, 0.1) is 0 Å². The van der Waals surface area contributed by atoms with Crippen LogP contribution in [0.25, 0.3) is 0 Å². The van der Waals surface area contributed by atoms with E-state index >= 15 is 0 Å². The molecule has 39 heavy (non-hydrogen) atoms. The highest BCUT2D eigenvalue weighted by atomic mass is 31.1. The Morgan fingerprint density at radius 2 is 0.949 bits per heavy atom. The van der Waals surface area contributed by atoms with Crippen molar-refractivity contribution in [3.8, 4) is 0 Å². The van der Waals surface area contributed by atoms with Crippen LogP contribution < -0.4 is 10.6 Å². The van der Waals surface area contributed by atoms with E-state index < -0.39 is 0 Å². The third-order valence-corrected chi connectivity index (χ3v) is 18.3. The van der Waals surface area contributed by atoms with Gasteiger partial charge in [-0.1, -0.05) is 84.1 Å². The molecule has 0 amide bonds. The first-order chi connectivity index (χ1) is 18.8. The summed E-state index contributed by atoms with van der Waals surface area (Å²) < 4.78 is 0. The maximum Gasteiger partial charge on any atom is -0.00945 e. The Labute approximate surface area is 244 Å². The Morgan fingerprint density at radius 3 is 1.36 bits per heavy atom. The van der Waals surface area contributed by atoms with E-state index in [9.17, 15) is 0 Å². The molecule has 0 radical (unpaired) electrons. The maximum absolute atomic E-state index is 2.78. The highest BCUT2D eigenvalue weighted by Crippen LogP contribution is 2.64. The van der Waals surface area contributed by atoms with Gasteiger partial charge in [-0.25, -0.2) is 0 Å². The molecular weight excluding hydrogens is 506 g/mol. The second-order valence-corrected chi connectivity index (χ2v) is 19.3. The molecule has 2 aromatic rings. The van der Waals surface area contributed by atoms with Crippen molar-refractivity contribution in [2.24, 2.45) is 5.92 Å². The molecule has 2 heteroatoms. The van der Waals surface area contributed by atoms with E-state index in [1.165, 1.54) is 91.2 Å². The van der Waals surface area contributed by atoms with Crippen LogP contribution in [0.5, 0.6) is 0 Å². The van der Waals surface area contributed by atoms with Crippen LogP contribution in [0.3, 0.4) is 0 Å². The molecular formula is C37H56P2. The number of hydrogen-bond donors (Lipinski definition) is 0. The summed E-state index contributed by atoms with van der Waals surface area (Å²) >= 11 is 0. The summed E-state index contributed by atoms with van der Waals surface area (Å²) in [5.41, 5.74) is 12.8. The molecule has 3 saturated carbocycles. The first-order valence-electron chi connectivity index (χ1n) is 16.5.